The zero-order valence-electron chi connectivity index (χ0n) is 19.5. The Labute approximate surface area is 215 Å². The van der Waals surface area contributed by atoms with Crippen LogP contribution in [0, 0.1) is 0 Å². The fourth-order valence-corrected chi connectivity index (χ4v) is 4.25. The summed E-state index contributed by atoms with van der Waals surface area (Å²) in [5.41, 5.74) is 11.5. The average molecular weight is 525 g/mol. The van der Waals surface area contributed by atoms with Gasteiger partial charge in [0.1, 0.15) is 12.1 Å². The van der Waals surface area contributed by atoms with Crippen molar-refractivity contribution in [2.75, 3.05) is 24.7 Å². The molecule has 1 aromatic carbocycles. The molecule has 6 N–H and O–H groups in total. The molecule has 0 saturated carbocycles. The monoisotopic (exact) mass is 524 g/mol. The second kappa shape index (κ2) is 14.6. The van der Waals surface area contributed by atoms with E-state index >= 15 is 0 Å². The van der Waals surface area contributed by atoms with Gasteiger partial charge in [0.05, 0.1) is 17.7 Å². The number of rotatable bonds is 13. The number of benzene rings is 1. The Hall–Kier alpha value is -2.79. The number of likely N-dealkylation sites (tertiary alicyclic amines) is 1. The lowest BCUT2D eigenvalue weighted by Gasteiger charge is -2.30. The van der Waals surface area contributed by atoms with Gasteiger partial charge >= 0.3 is 0 Å². The summed E-state index contributed by atoms with van der Waals surface area (Å²) in [6, 6.07) is 6.90. The molecule has 3 atom stereocenters. The summed E-state index contributed by atoms with van der Waals surface area (Å²) in [5, 5.41) is 5.47. The number of carbonyl (C=O) groups is 4. The van der Waals surface area contributed by atoms with Crippen molar-refractivity contribution in [1.29, 1.82) is 0 Å². The van der Waals surface area contributed by atoms with Crippen LogP contribution >= 0.6 is 24.2 Å². The van der Waals surface area contributed by atoms with E-state index in [0.717, 1.165) is 5.56 Å². The van der Waals surface area contributed by atoms with E-state index in [2.05, 4.69) is 28.3 Å². The Morgan fingerprint density at radius 2 is 1.86 bits per heavy atom. The highest BCUT2D eigenvalue weighted by atomic mass is 35.5. The van der Waals surface area contributed by atoms with Crippen LogP contribution in [0.4, 0.5) is 0 Å². The summed E-state index contributed by atoms with van der Waals surface area (Å²) in [4.78, 5) is 56.3. The number of nitrogens with zero attached hydrogens (tertiary/aromatic N) is 2. The number of guanidine groups is 1. The van der Waals surface area contributed by atoms with Gasteiger partial charge in [-0.25, -0.2) is 0 Å². The number of nitrogens with one attached hydrogen (secondary N) is 2. The van der Waals surface area contributed by atoms with Crippen molar-refractivity contribution in [3.8, 4) is 0 Å². The Bertz CT molecular complexity index is 913. The van der Waals surface area contributed by atoms with E-state index in [1.807, 2.05) is 30.3 Å². The summed E-state index contributed by atoms with van der Waals surface area (Å²) in [6.45, 7) is 0.682. The smallest absolute Gasteiger partial charge is 0.246 e. The number of ketones is 1. The third kappa shape index (κ3) is 9.06. The number of hydrogen-bond donors (Lipinski definition) is 5. The lowest BCUT2D eigenvalue weighted by Crippen LogP contribution is -2.56. The molecule has 35 heavy (non-hydrogen) atoms. The van der Waals surface area contributed by atoms with E-state index in [4.69, 9.17) is 23.1 Å². The third-order valence-corrected chi connectivity index (χ3v) is 6.23. The molecule has 3 amide bonds. The normalized spacial score (nSPS) is 16.7. The van der Waals surface area contributed by atoms with Crippen LogP contribution in [0.15, 0.2) is 35.3 Å². The molecule has 0 spiro atoms. The van der Waals surface area contributed by atoms with Crippen LogP contribution < -0.4 is 22.1 Å². The quantitative estimate of drug-likeness (QED) is 0.0801. The van der Waals surface area contributed by atoms with Crippen LogP contribution in [0.5, 0.6) is 0 Å². The van der Waals surface area contributed by atoms with Crippen molar-refractivity contribution < 1.29 is 19.2 Å². The van der Waals surface area contributed by atoms with Crippen molar-refractivity contribution in [3.63, 3.8) is 0 Å². The molecule has 1 aliphatic rings. The van der Waals surface area contributed by atoms with Crippen LogP contribution in [0.25, 0.3) is 0 Å². The summed E-state index contributed by atoms with van der Waals surface area (Å²) in [6.07, 6.45) is 2.13. The van der Waals surface area contributed by atoms with Crippen molar-refractivity contribution in [3.05, 3.63) is 35.9 Å². The van der Waals surface area contributed by atoms with E-state index in [0.29, 0.717) is 38.8 Å². The minimum atomic E-state index is -0.842. The van der Waals surface area contributed by atoms with E-state index < -0.39 is 24.0 Å². The fraction of sp³-hybridized carbons (Fsp3) is 0.522. The molecular formula is C23H33ClN6O4S. The molecule has 0 radical (unpaired) electrons. The Morgan fingerprint density at radius 1 is 1.14 bits per heavy atom. The molecule has 12 heteroatoms. The Kier molecular flexibility index (Phi) is 11.8. The second-order valence-corrected chi connectivity index (χ2v) is 8.85. The van der Waals surface area contributed by atoms with Crippen molar-refractivity contribution in [2.24, 2.45) is 16.5 Å². The van der Waals surface area contributed by atoms with E-state index in [-0.39, 0.29) is 41.6 Å². The van der Waals surface area contributed by atoms with Crippen LogP contribution in [0.1, 0.15) is 31.2 Å². The fourth-order valence-electron chi connectivity index (χ4n) is 3.97. The number of halogens is 1. The minimum Gasteiger partial charge on any atom is -0.370 e. The highest BCUT2D eigenvalue weighted by Gasteiger charge is 2.38. The summed E-state index contributed by atoms with van der Waals surface area (Å²) in [7, 11) is 0. The third-order valence-electron chi connectivity index (χ3n) is 5.68. The standard InChI is InChI=1S/C23H33ClN6O4S/c24-13-19(31)16(8-4-10-27-23(25)26)29-21(33)18-9-5-11-30(18)22(34)17(28-20(32)14-35)12-15-6-2-1-3-7-15/h1-3,6-7,16-18,35H,4-5,8-14H2,(H,28,32)(H,29,33)(H4,25,26,27). The van der Waals surface area contributed by atoms with Gasteiger partial charge in [-0.05, 0) is 31.2 Å². The molecule has 10 nitrogen and oxygen atoms in total. The number of aliphatic imine (C=N–C) groups is 1. The van der Waals surface area contributed by atoms with Gasteiger partial charge in [0.2, 0.25) is 17.7 Å². The molecule has 3 unspecified atom stereocenters. The average Bonchev–Trinajstić information content (AvgIpc) is 3.35. The summed E-state index contributed by atoms with van der Waals surface area (Å²) < 4.78 is 0. The molecule has 1 saturated heterocycles. The van der Waals surface area contributed by atoms with Gasteiger partial charge in [0, 0.05) is 19.5 Å². The molecule has 1 aliphatic heterocycles. The Morgan fingerprint density at radius 3 is 2.49 bits per heavy atom. The van der Waals surface area contributed by atoms with Gasteiger partial charge in [-0.2, -0.15) is 12.6 Å². The Balaban J connectivity index is 2.11. The predicted octanol–water partition coefficient (Wildman–Crippen LogP) is -0.0190. The zero-order valence-corrected chi connectivity index (χ0v) is 21.1. The first-order valence-corrected chi connectivity index (χ1v) is 12.6. The van der Waals surface area contributed by atoms with E-state index in [1.165, 1.54) is 4.90 Å². The van der Waals surface area contributed by atoms with Gasteiger partial charge in [-0.1, -0.05) is 30.3 Å². The predicted molar refractivity (Wildman–Crippen MR) is 138 cm³/mol. The number of nitrogens with two attached hydrogens (primary N) is 2. The molecular weight excluding hydrogens is 492 g/mol. The molecule has 0 bridgehead atoms. The minimum absolute atomic E-state index is 0.0515. The summed E-state index contributed by atoms with van der Waals surface area (Å²) >= 11 is 9.72. The number of thiol groups is 1. The lowest BCUT2D eigenvalue weighted by molar-refractivity contribution is -0.141. The highest BCUT2D eigenvalue weighted by Crippen LogP contribution is 2.20. The summed E-state index contributed by atoms with van der Waals surface area (Å²) in [5.74, 6) is -1.86. The molecule has 1 fully saturated rings. The first-order valence-electron chi connectivity index (χ1n) is 11.5. The van der Waals surface area contributed by atoms with Gasteiger partial charge in [0.15, 0.2) is 11.7 Å². The second-order valence-electron chi connectivity index (χ2n) is 8.27. The van der Waals surface area contributed by atoms with Crippen molar-refractivity contribution in [1.82, 2.24) is 15.5 Å². The molecule has 1 aromatic rings. The van der Waals surface area contributed by atoms with E-state index in [9.17, 15) is 19.2 Å². The largest absolute Gasteiger partial charge is 0.370 e. The van der Waals surface area contributed by atoms with Gasteiger partial charge in [-0.15, -0.1) is 11.6 Å². The topological polar surface area (TPSA) is 160 Å². The lowest BCUT2D eigenvalue weighted by atomic mass is 10.0. The first-order chi connectivity index (χ1) is 16.8. The van der Waals surface area contributed by atoms with Crippen molar-refractivity contribution >= 4 is 53.7 Å². The van der Waals surface area contributed by atoms with Gasteiger partial charge in [-0.3, -0.25) is 24.2 Å². The number of amides is 3. The number of Topliss-reactive ketones (excluding diaryl/α,β-unsaturated/α-hetero) is 1. The van der Waals surface area contributed by atoms with Crippen LogP contribution in [-0.2, 0) is 25.6 Å². The van der Waals surface area contributed by atoms with Crippen LogP contribution in [0.3, 0.4) is 0 Å². The molecule has 192 valence electrons. The molecule has 2 rings (SSSR count). The molecule has 1 heterocycles. The van der Waals surface area contributed by atoms with Crippen LogP contribution in [-0.4, -0.2) is 77.2 Å². The van der Waals surface area contributed by atoms with Crippen molar-refractivity contribution in [2.45, 2.75) is 50.2 Å². The highest BCUT2D eigenvalue weighted by molar-refractivity contribution is 7.81. The van der Waals surface area contributed by atoms with Gasteiger partial charge < -0.3 is 27.0 Å². The van der Waals surface area contributed by atoms with Gasteiger partial charge in [0.25, 0.3) is 0 Å². The maximum Gasteiger partial charge on any atom is 0.246 e. The molecule has 0 aliphatic carbocycles. The maximum atomic E-state index is 13.4. The zero-order chi connectivity index (χ0) is 25.8. The first kappa shape index (κ1) is 28.4. The number of carbonyl (C=O) groups excluding carboxylic acids is 4. The number of hydrogen-bond acceptors (Lipinski definition) is 6. The number of alkyl halides is 1. The SMILES string of the molecule is NC(N)=NCCCC(NC(=O)C1CCCN1C(=O)C(Cc1ccccc1)NC(=O)CS)C(=O)CCl. The van der Waals surface area contributed by atoms with E-state index in [1.54, 1.807) is 0 Å². The molecule has 0 aromatic heterocycles. The van der Waals surface area contributed by atoms with Crippen LogP contribution in [0.2, 0.25) is 0 Å². The maximum absolute atomic E-state index is 13.4.